The van der Waals surface area contributed by atoms with E-state index in [1.54, 1.807) is 38.1 Å². The second kappa shape index (κ2) is 7.13. The number of ether oxygens (including phenoxy) is 1. The molecule has 0 fully saturated rings. The summed E-state index contributed by atoms with van der Waals surface area (Å²) in [4.78, 5) is 12.1. The number of anilines is 1. The van der Waals surface area contributed by atoms with E-state index >= 15 is 0 Å². The molecule has 2 N–H and O–H groups in total. The number of carbonyl (C=O) groups excluding carboxylic acids is 1. The SMILES string of the molecule is COc1ccc([C@@H]2C[C@@H](C(F)(F)F)n3nc(C(=O)NC(C)C)cc3N2)cc1. The fourth-order valence-corrected chi connectivity index (χ4v) is 3.08. The first-order valence-corrected chi connectivity index (χ1v) is 8.56. The predicted molar refractivity (Wildman–Crippen MR) is 93.9 cm³/mol. The van der Waals surface area contributed by atoms with Crippen molar-refractivity contribution in [3.05, 3.63) is 41.6 Å². The number of hydrogen-bond donors (Lipinski definition) is 2. The van der Waals surface area contributed by atoms with Crippen LogP contribution in [0.3, 0.4) is 0 Å². The molecule has 0 bridgehead atoms. The minimum atomic E-state index is -4.49. The number of benzene rings is 1. The number of halogens is 3. The second-order valence-corrected chi connectivity index (χ2v) is 6.75. The zero-order valence-corrected chi connectivity index (χ0v) is 15.2. The Morgan fingerprint density at radius 2 is 2.00 bits per heavy atom. The van der Waals surface area contributed by atoms with E-state index < -0.39 is 24.2 Å². The van der Waals surface area contributed by atoms with Gasteiger partial charge in [-0.05, 0) is 31.5 Å². The van der Waals surface area contributed by atoms with Crippen LogP contribution in [0.1, 0.15) is 48.4 Å². The Bertz CT molecular complexity index is 815. The molecule has 1 aromatic carbocycles. The summed E-state index contributed by atoms with van der Waals surface area (Å²) in [6, 6.07) is 5.68. The maximum absolute atomic E-state index is 13.6. The molecule has 1 aliphatic rings. The molecule has 27 heavy (non-hydrogen) atoms. The summed E-state index contributed by atoms with van der Waals surface area (Å²) in [5, 5.41) is 9.61. The number of methoxy groups -OCH3 is 1. The van der Waals surface area contributed by atoms with Crippen LogP contribution in [0, 0.1) is 0 Å². The van der Waals surface area contributed by atoms with E-state index in [-0.39, 0.29) is 24.0 Å². The summed E-state index contributed by atoms with van der Waals surface area (Å²) in [6.45, 7) is 3.54. The lowest BCUT2D eigenvalue weighted by molar-refractivity contribution is -0.173. The van der Waals surface area contributed by atoms with Crippen molar-refractivity contribution in [1.29, 1.82) is 0 Å². The molecule has 0 saturated carbocycles. The lowest BCUT2D eigenvalue weighted by Crippen LogP contribution is -2.36. The highest BCUT2D eigenvalue weighted by molar-refractivity contribution is 5.93. The molecule has 2 heterocycles. The van der Waals surface area contributed by atoms with Crippen molar-refractivity contribution in [3.8, 4) is 5.75 Å². The van der Waals surface area contributed by atoms with E-state index in [1.165, 1.54) is 13.2 Å². The smallest absolute Gasteiger partial charge is 0.410 e. The number of nitrogens with one attached hydrogen (secondary N) is 2. The number of alkyl halides is 3. The maximum Gasteiger partial charge on any atom is 0.410 e. The Morgan fingerprint density at radius 3 is 2.56 bits per heavy atom. The highest BCUT2D eigenvalue weighted by Crippen LogP contribution is 2.43. The molecule has 1 aliphatic heterocycles. The van der Waals surface area contributed by atoms with Crippen molar-refractivity contribution < 1.29 is 22.7 Å². The molecule has 2 aromatic rings. The van der Waals surface area contributed by atoms with Gasteiger partial charge in [0.25, 0.3) is 5.91 Å². The molecule has 2 atom stereocenters. The van der Waals surface area contributed by atoms with Gasteiger partial charge in [-0.15, -0.1) is 0 Å². The molecule has 1 aromatic heterocycles. The summed E-state index contributed by atoms with van der Waals surface area (Å²) < 4.78 is 46.9. The van der Waals surface area contributed by atoms with Gasteiger partial charge in [0, 0.05) is 18.5 Å². The Morgan fingerprint density at radius 1 is 1.33 bits per heavy atom. The summed E-state index contributed by atoms with van der Waals surface area (Å²) in [5.74, 6) is 0.286. The third-order valence-corrected chi connectivity index (χ3v) is 4.36. The lowest BCUT2D eigenvalue weighted by Gasteiger charge is -2.33. The Hall–Kier alpha value is -2.71. The van der Waals surface area contributed by atoms with Gasteiger partial charge >= 0.3 is 6.18 Å². The van der Waals surface area contributed by atoms with E-state index in [2.05, 4.69) is 15.7 Å². The molecule has 0 unspecified atom stereocenters. The molecule has 0 aliphatic carbocycles. The fraction of sp³-hybridized carbons (Fsp3) is 0.444. The molecule has 3 rings (SSSR count). The zero-order valence-electron chi connectivity index (χ0n) is 15.2. The van der Waals surface area contributed by atoms with Crippen LogP contribution in [-0.4, -0.2) is 35.0 Å². The van der Waals surface area contributed by atoms with Crippen molar-refractivity contribution in [1.82, 2.24) is 15.1 Å². The van der Waals surface area contributed by atoms with Crippen LogP contribution < -0.4 is 15.4 Å². The molecule has 146 valence electrons. The first-order valence-electron chi connectivity index (χ1n) is 8.56. The van der Waals surface area contributed by atoms with Gasteiger partial charge in [0.15, 0.2) is 11.7 Å². The molecule has 0 radical (unpaired) electrons. The van der Waals surface area contributed by atoms with Crippen LogP contribution in [-0.2, 0) is 0 Å². The highest BCUT2D eigenvalue weighted by Gasteiger charge is 2.46. The zero-order chi connectivity index (χ0) is 19.8. The average Bonchev–Trinajstić information content (AvgIpc) is 3.03. The van der Waals surface area contributed by atoms with Gasteiger partial charge in [0.05, 0.1) is 13.2 Å². The lowest BCUT2D eigenvalue weighted by atomic mass is 9.97. The number of aromatic nitrogens is 2. The second-order valence-electron chi connectivity index (χ2n) is 6.75. The summed E-state index contributed by atoms with van der Waals surface area (Å²) >= 11 is 0. The van der Waals surface area contributed by atoms with Gasteiger partial charge in [-0.3, -0.25) is 4.79 Å². The van der Waals surface area contributed by atoms with Crippen molar-refractivity contribution in [2.45, 2.75) is 44.6 Å². The number of rotatable bonds is 4. The molecule has 1 amide bonds. The minimum absolute atomic E-state index is 0.0455. The quantitative estimate of drug-likeness (QED) is 0.846. The van der Waals surface area contributed by atoms with Crippen molar-refractivity contribution in [2.24, 2.45) is 0 Å². The molecular weight excluding hydrogens is 361 g/mol. The van der Waals surface area contributed by atoms with Crippen molar-refractivity contribution >= 4 is 11.7 Å². The number of hydrogen-bond acceptors (Lipinski definition) is 4. The Labute approximate surface area is 154 Å². The minimum Gasteiger partial charge on any atom is -0.497 e. The molecule has 6 nitrogen and oxygen atoms in total. The number of nitrogens with zero attached hydrogens (tertiary/aromatic N) is 2. The van der Waals surface area contributed by atoms with E-state index in [4.69, 9.17) is 4.74 Å². The Balaban J connectivity index is 1.94. The van der Waals surface area contributed by atoms with Gasteiger partial charge in [-0.2, -0.15) is 18.3 Å². The number of carbonyl (C=O) groups is 1. The van der Waals surface area contributed by atoms with Crippen LogP contribution in [0.2, 0.25) is 0 Å². The van der Waals surface area contributed by atoms with E-state index in [9.17, 15) is 18.0 Å². The molecule has 0 spiro atoms. The van der Waals surface area contributed by atoms with Crippen LogP contribution in [0.4, 0.5) is 19.0 Å². The van der Waals surface area contributed by atoms with Gasteiger partial charge in [-0.1, -0.05) is 12.1 Å². The van der Waals surface area contributed by atoms with Gasteiger partial charge < -0.3 is 15.4 Å². The number of amides is 1. The average molecular weight is 382 g/mol. The maximum atomic E-state index is 13.6. The summed E-state index contributed by atoms with van der Waals surface area (Å²) in [7, 11) is 1.52. The normalized spacial score (nSPS) is 19.4. The highest BCUT2D eigenvalue weighted by atomic mass is 19.4. The summed E-state index contributed by atoms with van der Waals surface area (Å²) in [5.41, 5.74) is 0.654. The van der Waals surface area contributed by atoms with E-state index in [0.717, 1.165) is 4.68 Å². The van der Waals surface area contributed by atoms with Crippen LogP contribution in [0.5, 0.6) is 5.75 Å². The van der Waals surface area contributed by atoms with Gasteiger partial charge in [-0.25, -0.2) is 4.68 Å². The van der Waals surface area contributed by atoms with E-state index in [1.807, 2.05) is 0 Å². The van der Waals surface area contributed by atoms with Crippen molar-refractivity contribution in [2.75, 3.05) is 12.4 Å². The van der Waals surface area contributed by atoms with Gasteiger partial charge in [0.2, 0.25) is 0 Å². The van der Waals surface area contributed by atoms with Crippen molar-refractivity contribution in [3.63, 3.8) is 0 Å². The summed E-state index contributed by atoms with van der Waals surface area (Å²) in [6.07, 6.45) is -4.71. The monoisotopic (exact) mass is 382 g/mol. The van der Waals surface area contributed by atoms with Gasteiger partial charge in [0.1, 0.15) is 11.6 Å². The molecular formula is C18H21F3N4O2. The first-order chi connectivity index (χ1) is 12.7. The predicted octanol–water partition coefficient (Wildman–Crippen LogP) is 3.69. The Kier molecular flexibility index (Phi) is 5.03. The fourth-order valence-electron chi connectivity index (χ4n) is 3.08. The van der Waals surface area contributed by atoms with Crippen LogP contribution in [0.25, 0.3) is 0 Å². The first kappa shape index (κ1) is 19.1. The number of fused-ring (bicyclic) bond motifs is 1. The third-order valence-electron chi connectivity index (χ3n) is 4.36. The molecule has 9 heteroatoms. The third kappa shape index (κ3) is 4.01. The van der Waals surface area contributed by atoms with Crippen LogP contribution >= 0.6 is 0 Å². The standard InChI is InChI=1S/C18H21F3N4O2/c1-10(2)22-17(26)14-9-16-23-13(11-4-6-12(27-3)7-5-11)8-15(18(19,20)21)25(16)24-14/h4-7,9-10,13,15,23H,8H2,1-3H3,(H,22,26)/t13-,15-/m0/s1. The largest absolute Gasteiger partial charge is 0.497 e. The molecule has 0 saturated heterocycles. The van der Waals surface area contributed by atoms with Crippen LogP contribution in [0.15, 0.2) is 30.3 Å². The topological polar surface area (TPSA) is 68.2 Å². The van der Waals surface area contributed by atoms with E-state index in [0.29, 0.717) is 11.3 Å².